The van der Waals surface area contributed by atoms with Gasteiger partial charge in [0.15, 0.2) is 11.6 Å². The molecule has 0 radical (unpaired) electrons. The van der Waals surface area contributed by atoms with Crippen LogP contribution in [-0.2, 0) is 25.6 Å². The van der Waals surface area contributed by atoms with Crippen LogP contribution in [0.4, 0.5) is 0 Å². The first-order chi connectivity index (χ1) is 24.6. The maximum Gasteiger partial charge on any atom is 0.224 e. The fourth-order valence-electron chi connectivity index (χ4n) is 6.45. The lowest BCUT2D eigenvalue weighted by molar-refractivity contribution is -0.139. The Kier molecular flexibility index (Phi) is 17.6. The van der Waals surface area contributed by atoms with E-state index >= 15 is 0 Å². The van der Waals surface area contributed by atoms with Crippen molar-refractivity contribution >= 4 is 23.4 Å². The van der Waals surface area contributed by atoms with Crippen molar-refractivity contribution in [1.29, 1.82) is 5.26 Å². The zero-order chi connectivity index (χ0) is 37.2. The van der Waals surface area contributed by atoms with Crippen molar-refractivity contribution in [3.8, 4) is 28.7 Å². The summed E-state index contributed by atoms with van der Waals surface area (Å²) in [5.74, 6) is -1.78. The van der Waals surface area contributed by atoms with Crippen molar-refractivity contribution in [2.24, 2.45) is 11.7 Å². The Labute approximate surface area is 303 Å². The highest BCUT2D eigenvalue weighted by atomic mass is 16.5. The topological polar surface area (TPSA) is 175 Å². The first-order valence-electron chi connectivity index (χ1n) is 18.6. The quantitative estimate of drug-likeness (QED) is 0.137. The number of benzene rings is 2. The SMILES string of the molecule is CCCCCCCCCCNCCC(=O)N(C)[C@@H]1C(=O)C[C@@H](C)C(=O)N[C@H](C(=O)CCC#N)Cc2ccc(O)c(c2)-c2cc1ccc2OCCN. The van der Waals surface area contributed by atoms with E-state index in [0.29, 0.717) is 34.5 Å². The number of amides is 2. The predicted molar refractivity (Wildman–Crippen MR) is 198 cm³/mol. The van der Waals surface area contributed by atoms with E-state index in [2.05, 4.69) is 17.6 Å². The number of nitrogens with one attached hydrogen (secondary N) is 2. The number of phenols is 1. The molecule has 3 rings (SSSR count). The molecule has 278 valence electrons. The summed E-state index contributed by atoms with van der Waals surface area (Å²) < 4.78 is 5.96. The minimum atomic E-state index is -1.02. The Morgan fingerprint density at radius 2 is 1.73 bits per heavy atom. The van der Waals surface area contributed by atoms with E-state index in [1.807, 2.05) is 6.07 Å². The summed E-state index contributed by atoms with van der Waals surface area (Å²) in [6, 6.07) is 10.1. The molecule has 51 heavy (non-hydrogen) atoms. The molecular weight excluding hydrogens is 646 g/mol. The number of fused-ring (bicyclic) bond motifs is 5. The lowest BCUT2D eigenvalue weighted by Gasteiger charge is -2.30. The monoisotopic (exact) mass is 703 g/mol. The molecule has 0 saturated heterocycles. The van der Waals surface area contributed by atoms with Crippen LogP contribution in [-0.4, -0.2) is 72.7 Å². The number of nitriles is 1. The predicted octanol–water partition coefficient (Wildman–Crippen LogP) is 5.53. The molecule has 1 aliphatic rings. The summed E-state index contributed by atoms with van der Waals surface area (Å²) in [6.07, 6.45) is 9.88. The maximum atomic E-state index is 14.1. The van der Waals surface area contributed by atoms with Crippen LogP contribution in [0.25, 0.3) is 11.1 Å². The van der Waals surface area contributed by atoms with Gasteiger partial charge in [-0.05, 0) is 54.8 Å². The van der Waals surface area contributed by atoms with Crippen LogP contribution < -0.4 is 21.1 Å². The lowest BCUT2D eigenvalue weighted by atomic mass is 9.89. The van der Waals surface area contributed by atoms with Crippen LogP contribution in [0.5, 0.6) is 11.5 Å². The van der Waals surface area contributed by atoms with Gasteiger partial charge in [-0.2, -0.15) is 5.26 Å². The second kappa shape index (κ2) is 21.8. The number of ketones is 2. The standard InChI is InChI=1S/C40H57N5O6/c1-4-5-6-7-8-9-10-11-21-43-22-18-38(49)45(3)39-30-15-17-37(51-23-20-42)32(27-30)31-25-29(14-16-34(31)46)26-33(35(47)13-12-19-41)44-40(50)28(2)24-36(39)48/h14-17,25,27-28,33,39,43,46H,4-13,18,20-24,26,42H2,1-3H3,(H,44,50)/t28-,33+,39+/m1/s1. The normalized spacial score (nSPS) is 17.6. The molecule has 0 saturated carbocycles. The number of rotatable bonds is 19. The molecule has 3 atom stereocenters. The zero-order valence-electron chi connectivity index (χ0n) is 30.7. The van der Waals surface area contributed by atoms with Crippen molar-refractivity contribution in [3.63, 3.8) is 0 Å². The summed E-state index contributed by atoms with van der Waals surface area (Å²) in [4.78, 5) is 55.7. The second-order valence-electron chi connectivity index (χ2n) is 13.6. The third-order valence-electron chi connectivity index (χ3n) is 9.44. The third kappa shape index (κ3) is 12.8. The minimum absolute atomic E-state index is 0.00542. The van der Waals surface area contributed by atoms with E-state index in [4.69, 9.17) is 15.7 Å². The first-order valence-corrected chi connectivity index (χ1v) is 18.6. The van der Waals surface area contributed by atoms with Gasteiger partial charge in [-0.1, -0.05) is 70.9 Å². The van der Waals surface area contributed by atoms with Crippen LogP contribution in [0.1, 0.15) is 108 Å². The molecule has 4 bridgehead atoms. The molecule has 2 amide bonds. The highest BCUT2D eigenvalue weighted by Crippen LogP contribution is 2.40. The van der Waals surface area contributed by atoms with Gasteiger partial charge in [-0.25, -0.2) is 0 Å². The van der Waals surface area contributed by atoms with Gasteiger partial charge >= 0.3 is 0 Å². The van der Waals surface area contributed by atoms with E-state index in [9.17, 15) is 24.3 Å². The number of hydrogen-bond donors (Lipinski definition) is 4. The van der Waals surface area contributed by atoms with E-state index in [-0.39, 0.29) is 68.5 Å². The van der Waals surface area contributed by atoms with Crippen molar-refractivity contribution in [1.82, 2.24) is 15.5 Å². The maximum absolute atomic E-state index is 14.1. The summed E-state index contributed by atoms with van der Waals surface area (Å²) in [5, 5.41) is 26.3. The Hall–Kier alpha value is -4.27. The highest BCUT2D eigenvalue weighted by Gasteiger charge is 2.33. The number of phenolic OH excluding ortho intramolecular Hbond substituents is 1. The van der Waals surface area contributed by atoms with E-state index in [1.165, 1.54) is 49.5 Å². The van der Waals surface area contributed by atoms with Crippen molar-refractivity contribution < 1.29 is 29.0 Å². The second-order valence-corrected chi connectivity index (χ2v) is 13.6. The fourth-order valence-corrected chi connectivity index (χ4v) is 6.45. The van der Waals surface area contributed by atoms with Crippen molar-refractivity contribution in [3.05, 3.63) is 47.5 Å². The number of ether oxygens (including phenoxy) is 1. The van der Waals surface area contributed by atoms with E-state index in [0.717, 1.165) is 19.4 Å². The van der Waals surface area contributed by atoms with Gasteiger partial charge in [0.05, 0.1) is 12.1 Å². The molecule has 2 aromatic carbocycles. The molecule has 11 nitrogen and oxygen atoms in total. The number of nitrogens with two attached hydrogens (primary N) is 1. The van der Waals surface area contributed by atoms with Gasteiger partial charge in [0, 0.05) is 62.9 Å². The third-order valence-corrected chi connectivity index (χ3v) is 9.44. The van der Waals surface area contributed by atoms with Gasteiger partial charge in [-0.3, -0.25) is 19.2 Å². The summed E-state index contributed by atoms with van der Waals surface area (Å²) in [6.45, 7) is 5.59. The molecule has 1 heterocycles. The number of aromatic hydroxyl groups is 1. The Bertz CT molecular complexity index is 1500. The smallest absolute Gasteiger partial charge is 0.224 e. The number of carbonyl (C=O) groups excluding carboxylic acids is 4. The first kappa shape index (κ1) is 41.2. The molecule has 5 N–H and O–H groups in total. The molecule has 0 spiro atoms. The van der Waals surface area contributed by atoms with Gasteiger partial charge in [0.2, 0.25) is 11.8 Å². The largest absolute Gasteiger partial charge is 0.507 e. The molecule has 0 fully saturated rings. The lowest BCUT2D eigenvalue weighted by Crippen LogP contribution is -2.45. The van der Waals surface area contributed by atoms with Crippen LogP contribution in [0.3, 0.4) is 0 Å². The number of carbonyl (C=O) groups is 4. The van der Waals surface area contributed by atoms with Crippen LogP contribution in [0, 0.1) is 17.2 Å². The zero-order valence-corrected chi connectivity index (χ0v) is 30.7. The average molecular weight is 704 g/mol. The van der Waals surface area contributed by atoms with Crippen LogP contribution in [0.15, 0.2) is 36.4 Å². The van der Waals surface area contributed by atoms with Crippen LogP contribution in [0.2, 0.25) is 0 Å². The number of unbranched alkanes of at least 4 members (excludes halogenated alkanes) is 7. The molecule has 0 aliphatic carbocycles. The van der Waals surface area contributed by atoms with Gasteiger partial charge in [-0.15, -0.1) is 0 Å². The number of Topliss-reactive ketones (excluding diaryl/α,β-unsaturated/α-hetero) is 2. The molecule has 1 aliphatic heterocycles. The Morgan fingerprint density at radius 3 is 2.43 bits per heavy atom. The van der Waals surface area contributed by atoms with Crippen LogP contribution >= 0.6 is 0 Å². The van der Waals surface area contributed by atoms with Gasteiger partial charge in [0.1, 0.15) is 24.1 Å². The van der Waals surface area contributed by atoms with Crippen molar-refractivity contribution in [2.45, 2.75) is 109 Å². The van der Waals surface area contributed by atoms with Gasteiger partial charge < -0.3 is 31.1 Å². The Balaban J connectivity index is 1.90. The molecule has 0 aromatic heterocycles. The fraction of sp³-hybridized carbons (Fsp3) is 0.575. The molecule has 11 heteroatoms. The van der Waals surface area contributed by atoms with Crippen molar-refractivity contribution in [2.75, 3.05) is 33.3 Å². The molecule has 2 aromatic rings. The minimum Gasteiger partial charge on any atom is -0.507 e. The summed E-state index contributed by atoms with van der Waals surface area (Å²) >= 11 is 0. The van der Waals surface area contributed by atoms with Gasteiger partial charge in [0.25, 0.3) is 0 Å². The molecule has 0 unspecified atom stereocenters. The molecular formula is C40H57N5O6. The van der Waals surface area contributed by atoms with E-state index < -0.39 is 23.9 Å². The highest BCUT2D eigenvalue weighted by molar-refractivity contribution is 5.95. The summed E-state index contributed by atoms with van der Waals surface area (Å²) in [7, 11) is 1.60. The summed E-state index contributed by atoms with van der Waals surface area (Å²) in [5.41, 5.74) is 7.80. The van der Waals surface area contributed by atoms with E-state index in [1.54, 1.807) is 44.3 Å². The average Bonchev–Trinajstić information content (AvgIpc) is 3.12. The number of hydrogen-bond acceptors (Lipinski definition) is 9. The Morgan fingerprint density at radius 1 is 1.00 bits per heavy atom. The number of nitrogens with zero attached hydrogens (tertiary/aromatic N) is 2. The number of likely N-dealkylation sites (N-methyl/N-ethyl adjacent to an activating group) is 1.